The van der Waals surface area contributed by atoms with E-state index in [2.05, 4.69) is 17.2 Å². The molecule has 1 aliphatic carbocycles. The quantitative estimate of drug-likeness (QED) is 0.780. The van der Waals surface area contributed by atoms with Gasteiger partial charge in [0.15, 0.2) is 0 Å². The van der Waals surface area contributed by atoms with Gasteiger partial charge in [-0.15, -0.1) is 0 Å². The summed E-state index contributed by atoms with van der Waals surface area (Å²) >= 11 is 0. The highest BCUT2D eigenvalue weighted by Gasteiger charge is 2.24. The van der Waals surface area contributed by atoms with Gasteiger partial charge in [-0.1, -0.05) is 13.0 Å². The summed E-state index contributed by atoms with van der Waals surface area (Å²) < 4.78 is 11.4. The summed E-state index contributed by atoms with van der Waals surface area (Å²) in [5, 5.41) is 3.93. The topological polar surface area (TPSA) is 86.5 Å². The number of aryl methyl sites for hydroxylation is 1. The first-order valence-corrected chi connectivity index (χ1v) is 9.82. The average Bonchev–Trinajstić information content (AvgIpc) is 2.67. The molecule has 3 rings (SSSR count). The molecule has 0 bridgehead atoms. The van der Waals surface area contributed by atoms with Crippen LogP contribution in [0.5, 0.6) is 5.75 Å². The molecule has 0 unspecified atom stereocenters. The number of nitrogens with two attached hydrogens (primary N) is 1. The van der Waals surface area contributed by atoms with Crippen molar-refractivity contribution in [2.24, 2.45) is 0 Å². The second kappa shape index (κ2) is 9.04. The van der Waals surface area contributed by atoms with Crippen molar-refractivity contribution in [2.75, 3.05) is 18.9 Å². The fourth-order valence-corrected chi connectivity index (χ4v) is 3.59. The summed E-state index contributed by atoms with van der Waals surface area (Å²) in [6.45, 7) is 4.64. The first-order valence-electron chi connectivity index (χ1n) is 9.82. The maximum atomic E-state index is 11.8. The van der Waals surface area contributed by atoms with Gasteiger partial charge >= 0.3 is 0 Å². The molecule has 0 atom stereocenters. The Balaban J connectivity index is 1.62. The van der Waals surface area contributed by atoms with Crippen LogP contribution in [-0.2, 0) is 16.0 Å². The number of pyridine rings is 1. The van der Waals surface area contributed by atoms with Crippen LogP contribution < -0.4 is 15.8 Å². The summed E-state index contributed by atoms with van der Waals surface area (Å²) in [6, 6.07) is 8.03. The number of fused-ring (bicyclic) bond motifs is 1. The molecule has 1 aromatic carbocycles. The van der Waals surface area contributed by atoms with Crippen molar-refractivity contribution < 1.29 is 14.3 Å². The monoisotopic (exact) mass is 371 g/mol. The molecular formula is C21H29N3O3. The normalized spacial score (nSPS) is 19.8. The number of nitrogens with one attached hydrogen (secondary N) is 1. The summed E-state index contributed by atoms with van der Waals surface area (Å²) in [7, 11) is 0. The average molecular weight is 371 g/mol. The van der Waals surface area contributed by atoms with Gasteiger partial charge in [0.2, 0.25) is 5.91 Å². The number of anilines is 1. The van der Waals surface area contributed by atoms with E-state index in [0.29, 0.717) is 12.3 Å². The summed E-state index contributed by atoms with van der Waals surface area (Å²) in [5.74, 6) is 0.754. The molecule has 3 N–H and O–H groups in total. The minimum absolute atomic E-state index is 0.0409. The molecule has 1 amide bonds. The van der Waals surface area contributed by atoms with Crippen LogP contribution in [0.25, 0.3) is 10.9 Å². The number of ether oxygens (including phenoxy) is 2. The van der Waals surface area contributed by atoms with Crippen LogP contribution in [0.4, 0.5) is 5.69 Å². The maximum Gasteiger partial charge on any atom is 0.246 e. The second-order valence-electron chi connectivity index (χ2n) is 7.00. The predicted molar refractivity (Wildman–Crippen MR) is 107 cm³/mol. The van der Waals surface area contributed by atoms with Gasteiger partial charge in [0.25, 0.3) is 0 Å². The Bertz CT molecular complexity index is 786. The highest BCUT2D eigenvalue weighted by Crippen LogP contribution is 2.33. The standard InChI is InChI=1S/C21H29N3O3/c1-3-14-12-17(22)21-18(23-14)6-5-7-19(21)27-16-10-8-15(9-11-16)24-20(25)13-26-4-2/h5-7,12,15-16H,3-4,8-11,13H2,1-2H3,(H2,22,23)(H,24,25). The highest BCUT2D eigenvalue weighted by molar-refractivity contribution is 5.95. The molecule has 1 saturated carbocycles. The van der Waals surface area contributed by atoms with Crippen molar-refractivity contribution in [3.8, 4) is 5.75 Å². The molecule has 0 spiro atoms. The van der Waals surface area contributed by atoms with E-state index in [1.165, 1.54) is 0 Å². The number of amides is 1. The van der Waals surface area contributed by atoms with E-state index >= 15 is 0 Å². The van der Waals surface area contributed by atoms with Crippen LogP contribution in [0.3, 0.4) is 0 Å². The largest absolute Gasteiger partial charge is 0.490 e. The van der Waals surface area contributed by atoms with E-state index in [4.69, 9.17) is 15.2 Å². The molecule has 1 aliphatic rings. The minimum atomic E-state index is -0.0409. The Morgan fingerprint density at radius 3 is 2.74 bits per heavy atom. The van der Waals surface area contributed by atoms with E-state index in [-0.39, 0.29) is 24.7 Å². The van der Waals surface area contributed by atoms with Crippen molar-refractivity contribution in [1.82, 2.24) is 10.3 Å². The Labute approximate surface area is 160 Å². The Morgan fingerprint density at radius 2 is 2.04 bits per heavy atom. The number of aromatic nitrogens is 1. The Kier molecular flexibility index (Phi) is 6.50. The SMILES string of the molecule is CCOCC(=O)NC1CCC(Oc2cccc3nc(CC)cc(N)c23)CC1. The van der Waals surface area contributed by atoms with Crippen LogP contribution in [0.15, 0.2) is 24.3 Å². The van der Waals surface area contributed by atoms with Crippen LogP contribution in [0, 0.1) is 0 Å². The van der Waals surface area contributed by atoms with E-state index in [9.17, 15) is 4.79 Å². The van der Waals surface area contributed by atoms with E-state index in [1.54, 1.807) is 0 Å². The molecule has 1 fully saturated rings. The third-order valence-corrected chi connectivity index (χ3v) is 5.01. The molecule has 6 nitrogen and oxygen atoms in total. The molecule has 0 radical (unpaired) electrons. The van der Waals surface area contributed by atoms with Gasteiger partial charge in [0, 0.05) is 24.0 Å². The number of nitrogens with zero attached hydrogens (tertiary/aromatic N) is 1. The van der Waals surface area contributed by atoms with Crippen LogP contribution in [-0.4, -0.2) is 36.3 Å². The lowest BCUT2D eigenvalue weighted by molar-refractivity contribution is -0.126. The van der Waals surface area contributed by atoms with Crippen molar-refractivity contribution >= 4 is 22.5 Å². The summed E-state index contributed by atoms with van der Waals surface area (Å²) in [5.41, 5.74) is 8.85. The fourth-order valence-electron chi connectivity index (χ4n) is 3.59. The number of carbonyl (C=O) groups excluding carboxylic acids is 1. The molecule has 0 saturated heterocycles. The first-order chi connectivity index (χ1) is 13.1. The van der Waals surface area contributed by atoms with E-state index in [0.717, 1.165) is 54.5 Å². The van der Waals surface area contributed by atoms with Crippen LogP contribution in [0.2, 0.25) is 0 Å². The fraction of sp³-hybridized carbons (Fsp3) is 0.524. The lowest BCUT2D eigenvalue weighted by Gasteiger charge is -2.30. The van der Waals surface area contributed by atoms with Crippen LogP contribution in [0.1, 0.15) is 45.2 Å². The van der Waals surface area contributed by atoms with Crippen molar-refractivity contribution in [3.05, 3.63) is 30.0 Å². The third kappa shape index (κ3) is 4.89. The zero-order valence-corrected chi connectivity index (χ0v) is 16.2. The Morgan fingerprint density at radius 1 is 1.26 bits per heavy atom. The number of hydrogen-bond acceptors (Lipinski definition) is 5. The van der Waals surface area contributed by atoms with Gasteiger partial charge in [-0.05, 0) is 57.2 Å². The molecule has 6 heteroatoms. The maximum absolute atomic E-state index is 11.8. The molecule has 146 valence electrons. The van der Waals surface area contributed by atoms with Crippen molar-refractivity contribution in [1.29, 1.82) is 0 Å². The molecule has 1 aromatic heterocycles. The van der Waals surface area contributed by atoms with E-state index < -0.39 is 0 Å². The third-order valence-electron chi connectivity index (χ3n) is 5.01. The number of nitrogen functional groups attached to an aromatic ring is 1. The Hall–Kier alpha value is -2.34. The van der Waals surface area contributed by atoms with Gasteiger partial charge in [-0.25, -0.2) is 0 Å². The predicted octanol–water partition coefficient (Wildman–Crippen LogP) is 3.22. The van der Waals surface area contributed by atoms with E-state index in [1.807, 2.05) is 31.2 Å². The molecular weight excluding hydrogens is 342 g/mol. The number of rotatable bonds is 7. The van der Waals surface area contributed by atoms with Gasteiger partial charge in [0.1, 0.15) is 12.4 Å². The first kappa shape index (κ1) is 19.4. The van der Waals surface area contributed by atoms with Gasteiger partial charge in [0.05, 0.1) is 17.0 Å². The number of benzene rings is 1. The number of hydrogen-bond donors (Lipinski definition) is 2. The van der Waals surface area contributed by atoms with Gasteiger partial charge in [-0.3, -0.25) is 9.78 Å². The van der Waals surface area contributed by atoms with Crippen molar-refractivity contribution in [2.45, 2.75) is 58.1 Å². The molecule has 27 heavy (non-hydrogen) atoms. The smallest absolute Gasteiger partial charge is 0.246 e. The number of carbonyl (C=O) groups is 1. The molecule has 0 aliphatic heterocycles. The molecule has 2 aromatic rings. The lowest BCUT2D eigenvalue weighted by atomic mass is 9.93. The minimum Gasteiger partial charge on any atom is -0.490 e. The summed E-state index contributed by atoms with van der Waals surface area (Å²) in [4.78, 5) is 16.4. The van der Waals surface area contributed by atoms with Gasteiger partial charge in [-0.2, -0.15) is 0 Å². The highest BCUT2D eigenvalue weighted by atomic mass is 16.5. The second-order valence-corrected chi connectivity index (χ2v) is 7.00. The lowest BCUT2D eigenvalue weighted by Crippen LogP contribution is -2.41. The zero-order chi connectivity index (χ0) is 19.2. The summed E-state index contributed by atoms with van der Waals surface area (Å²) in [6.07, 6.45) is 4.58. The van der Waals surface area contributed by atoms with Gasteiger partial charge < -0.3 is 20.5 Å². The van der Waals surface area contributed by atoms with Crippen LogP contribution >= 0.6 is 0 Å². The molecule has 1 heterocycles. The van der Waals surface area contributed by atoms with Crippen molar-refractivity contribution in [3.63, 3.8) is 0 Å². The zero-order valence-electron chi connectivity index (χ0n) is 16.2.